The van der Waals surface area contributed by atoms with Crippen molar-refractivity contribution in [3.8, 4) is 0 Å². The minimum Gasteiger partial charge on any atom is -0.460 e. The molecule has 1 unspecified atom stereocenters. The Labute approximate surface area is 183 Å². The summed E-state index contributed by atoms with van der Waals surface area (Å²) >= 11 is 0. The van der Waals surface area contributed by atoms with E-state index in [1.165, 1.54) is 30.6 Å². The maximum atomic E-state index is 13.1. The molecule has 1 saturated heterocycles. The SMILES string of the molecule is CNc1cccc2c1C(=O)N(C1CCC(=O)N(CCOC(=O)c3ccncc3)C1=O)C2=O. The van der Waals surface area contributed by atoms with Gasteiger partial charge < -0.3 is 10.1 Å². The quantitative estimate of drug-likeness (QED) is 0.527. The average molecular weight is 436 g/mol. The Morgan fingerprint density at radius 2 is 1.88 bits per heavy atom. The van der Waals surface area contributed by atoms with E-state index >= 15 is 0 Å². The second kappa shape index (κ2) is 8.58. The van der Waals surface area contributed by atoms with Crippen molar-refractivity contribution in [3.63, 3.8) is 0 Å². The fourth-order valence-corrected chi connectivity index (χ4v) is 3.89. The maximum absolute atomic E-state index is 13.1. The number of benzene rings is 1. The number of aromatic nitrogens is 1. The first-order valence-corrected chi connectivity index (χ1v) is 10.0. The van der Waals surface area contributed by atoms with Crippen molar-refractivity contribution >= 4 is 35.3 Å². The molecule has 164 valence electrons. The Balaban J connectivity index is 1.47. The second-order valence-electron chi connectivity index (χ2n) is 7.27. The molecular formula is C22H20N4O6. The van der Waals surface area contributed by atoms with E-state index in [2.05, 4.69) is 10.3 Å². The molecule has 2 aromatic rings. The van der Waals surface area contributed by atoms with Crippen molar-refractivity contribution in [2.24, 2.45) is 0 Å². The molecule has 1 N–H and O–H groups in total. The molecule has 10 heteroatoms. The average Bonchev–Trinajstić information content (AvgIpc) is 3.07. The highest BCUT2D eigenvalue weighted by Crippen LogP contribution is 2.33. The van der Waals surface area contributed by atoms with E-state index in [1.54, 1.807) is 19.2 Å². The Hall–Kier alpha value is -4.08. The van der Waals surface area contributed by atoms with E-state index in [0.29, 0.717) is 11.3 Å². The number of nitrogens with zero attached hydrogens (tertiary/aromatic N) is 3. The van der Waals surface area contributed by atoms with Crippen LogP contribution in [0.5, 0.6) is 0 Å². The van der Waals surface area contributed by atoms with Gasteiger partial charge in [-0.15, -0.1) is 0 Å². The number of hydrogen-bond donors (Lipinski definition) is 1. The maximum Gasteiger partial charge on any atom is 0.338 e. The van der Waals surface area contributed by atoms with Gasteiger partial charge in [0, 0.05) is 31.5 Å². The third kappa shape index (κ3) is 3.59. The molecule has 4 amide bonds. The molecule has 10 nitrogen and oxygen atoms in total. The third-order valence-corrected chi connectivity index (χ3v) is 5.48. The summed E-state index contributed by atoms with van der Waals surface area (Å²) in [5.41, 5.74) is 1.20. The van der Waals surface area contributed by atoms with Crippen LogP contribution in [0.2, 0.25) is 0 Å². The van der Waals surface area contributed by atoms with Gasteiger partial charge in [0.2, 0.25) is 5.91 Å². The number of ether oxygens (including phenoxy) is 1. The van der Waals surface area contributed by atoms with E-state index in [4.69, 9.17) is 4.74 Å². The van der Waals surface area contributed by atoms with E-state index < -0.39 is 35.6 Å². The lowest BCUT2D eigenvalue weighted by molar-refractivity contribution is -0.152. The number of esters is 1. The zero-order chi connectivity index (χ0) is 22.8. The van der Waals surface area contributed by atoms with Crippen LogP contribution < -0.4 is 5.32 Å². The molecule has 0 bridgehead atoms. The van der Waals surface area contributed by atoms with Gasteiger partial charge in [-0.25, -0.2) is 4.79 Å². The lowest BCUT2D eigenvalue weighted by Crippen LogP contribution is -2.56. The van der Waals surface area contributed by atoms with Gasteiger partial charge in [0.15, 0.2) is 0 Å². The number of likely N-dealkylation sites (tertiary alicyclic amines) is 1. The van der Waals surface area contributed by atoms with Gasteiger partial charge in [-0.05, 0) is 30.7 Å². The zero-order valence-electron chi connectivity index (χ0n) is 17.2. The molecule has 1 aromatic heterocycles. The number of anilines is 1. The number of fused-ring (bicyclic) bond motifs is 1. The molecule has 0 spiro atoms. The standard InChI is InChI=1S/C22H20N4O6/c1-23-15-4-2-3-14-18(15)21(30)26(19(14)28)16-5-6-17(27)25(20(16)29)11-12-32-22(31)13-7-9-24-10-8-13/h2-4,7-10,16,23H,5-6,11-12H2,1H3. The van der Waals surface area contributed by atoms with Gasteiger partial charge in [0.25, 0.3) is 17.7 Å². The number of piperidine rings is 1. The van der Waals surface area contributed by atoms with Gasteiger partial charge in [-0.2, -0.15) is 0 Å². The van der Waals surface area contributed by atoms with Crippen LogP contribution in [0.15, 0.2) is 42.7 Å². The summed E-state index contributed by atoms with van der Waals surface area (Å²) in [7, 11) is 1.63. The van der Waals surface area contributed by atoms with Gasteiger partial charge >= 0.3 is 5.97 Å². The van der Waals surface area contributed by atoms with E-state index in [1.807, 2.05) is 0 Å². The van der Waals surface area contributed by atoms with Crippen molar-refractivity contribution in [3.05, 3.63) is 59.4 Å². The van der Waals surface area contributed by atoms with Gasteiger partial charge in [0.05, 0.1) is 23.2 Å². The fraction of sp³-hybridized carbons (Fsp3) is 0.273. The van der Waals surface area contributed by atoms with Crippen LogP contribution in [0, 0.1) is 0 Å². The number of hydrogen-bond acceptors (Lipinski definition) is 8. The Kier molecular flexibility index (Phi) is 5.67. The lowest BCUT2D eigenvalue weighted by atomic mass is 10.0. The molecule has 1 fully saturated rings. The highest BCUT2D eigenvalue weighted by molar-refractivity contribution is 6.25. The van der Waals surface area contributed by atoms with Crippen LogP contribution in [0.1, 0.15) is 43.9 Å². The monoisotopic (exact) mass is 436 g/mol. The first-order valence-electron chi connectivity index (χ1n) is 10.0. The Bertz CT molecular complexity index is 1120. The number of amides is 4. The minimum absolute atomic E-state index is 0.0129. The third-order valence-electron chi connectivity index (χ3n) is 5.48. The molecule has 3 heterocycles. The molecule has 1 atom stereocenters. The van der Waals surface area contributed by atoms with Gasteiger partial charge in [-0.3, -0.25) is 34.0 Å². The van der Waals surface area contributed by atoms with Crippen LogP contribution in [0.4, 0.5) is 5.69 Å². The smallest absolute Gasteiger partial charge is 0.338 e. The molecule has 32 heavy (non-hydrogen) atoms. The van der Waals surface area contributed by atoms with Crippen molar-refractivity contribution in [2.45, 2.75) is 18.9 Å². The predicted octanol–water partition coefficient (Wildman–Crippen LogP) is 1.09. The summed E-state index contributed by atoms with van der Waals surface area (Å²) in [6, 6.07) is 6.72. The molecule has 2 aliphatic rings. The van der Waals surface area contributed by atoms with E-state index in [0.717, 1.165) is 9.80 Å². The summed E-state index contributed by atoms with van der Waals surface area (Å²) in [4.78, 5) is 69.1. The molecule has 0 saturated carbocycles. The zero-order valence-corrected chi connectivity index (χ0v) is 17.2. The molecule has 1 aromatic carbocycles. The number of rotatable bonds is 6. The molecule has 2 aliphatic heterocycles. The van der Waals surface area contributed by atoms with Crippen LogP contribution in [0.3, 0.4) is 0 Å². The largest absolute Gasteiger partial charge is 0.460 e. The summed E-state index contributed by atoms with van der Waals surface area (Å²) in [5.74, 6) is -2.87. The summed E-state index contributed by atoms with van der Waals surface area (Å²) in [6.45, 7) is -0.382. The molecule has 0 aliphatic carbocycles. The number of carbonyl (C=O) groups excluding carboxylic acids is 5. The normalized spacial score (nSPS) is 18.1. The Morgan fingerprint density at radius 1 is 1.12 bits per heavy atom. The van der Waals surface area contributed by atoms with Crippen LogP contribution in [-0.2, 0) is 14.3 Å². The number of carbonyl (C=O) groups is 5. The van der Waals surface area contributed by atoms with Crippen molar-refractivity contribution in [1.29, 1.82) is 0 Å². The number of pyridine rings is 1. The second-order valence-corrected chi connectivity index (χ2v) is 7.27. The minimum atomic E-state index is -1.10. The Morgan fingerprint density at radius 3 is 2.59 bits per heavy atom. The van der Waals surface area contributed by atoms with Crippen LogP contribution >= 0.6 is 0 Å². The van der Waals surface area contributed by atoms with Crippen molar-refractivity contribution < 1.29 is 28.7 Å². The molecule has 0 radical (unpaired) electrons. The first kappa shape index (κ1) is 21.2. The summed E-state index contributed by atoms with van der Waals surface area (Å²) < 4.78 is 5.14. The number of nitrogens with one attached hydrogen (secondary N) is 1. The predicted molar refractivity (Wildman–Crippen MR) is 111 cm³/mol. The summed E-state index contributed by atoms with van der Waals surface area (Å²) in [6.07, 6.45) is 2.92. The van der Waals surface area contributed by atoms with Gasteiger partial charge in [-0.1, -0.05) is 6.07 Å². The molecule has 4 rings (SSSR count). The van der Waals surface area contributed by atoms with Crippen LogP contribution in [0.25, 0.3) is 0 Å². The van der Waals surface area contributed by atoms with Crippen LogP contribution in [-0.4, -0.2) is 70.6 Å². The highest BCUT2D eigenvalue weighted by atomic mass is 16.5. The topological polar surface area (TPSA) is 126 Å². The first-order chi connectivity index (χ1) is 15.4. The van der Waals surface area contributed by atoms with E-state index in [-0.39, 0.29) is 37.1 Å². The fourth-order valence-electron chi connectivity index (χ4n) is 3.89. The van der Waals surface area contributed by atoms with Crippen molar-refractivity contribution in [2.75, 3.05) is 25.5 Å². The molecular weight excluding hydrogens is 416 g/mol. The highest BCUT2D eigenvalue weighted by Gasteiger charge is 2.47. The van der Waals surface area contributed by atoms with E-state index in [9.17, 15) is 24.0 Å². The number of imide groups is 2. The summed E-state index contributed by atoms with van der Waals surface area (Å²) in [5, 5.41) is 2.88. The van der Waals surface area contributed by atoms with Crippen molar-refractivity contribution in [1.82, 2.24) is 14.8 Å². The van der Waals surface area contributed by atoms with Gasteiger partial charge in [0.1, 0.15) is 12.6 Å². The lowest BCUT2D eigenvalue weighted by Gasteiger charge is -2.34.